The lowest BCUT2D eigenvalue weighted by atomic mass is 9.44. The Morgan fingerprint density at radius 3 is 2.54 bits per heavy atom. The van der Waals surface area contributed by atoms with Crippen LogP contribution in [0.4, 0.5) is 4.39 Å². The number of allylic oxidation sites excluding steroid dienone is 4. The number of aliphatic hydroxyl groups excluding tert-OH is 2. The quantitative estimate of drug-likeness (QED) is 0.554. The minimum Gasteiger partial charge on any atom is -0.395 e. The van der Waals surface area contributed by atoms with Gasteiger partial charge in [-0.1, -0.05) is 25.5 Å². The second-order valence-corrected chi connectivity index (χ2v) is 12.0. The Kier molecular flexibility index (Phi) is 5.87. The summed E-state index contributed by atoms with van der Waals surface area (Å²) in [6.45, 7) is 8.37. The van der Waals surface area contributed by atoms with Gasteiger partial charge in [-0.15, -0.1) is 0 Å². The average Bonchev–Trinajstić information content (AvgIpc) is 3.02. The minimum absolute atomic E-state index is 0.00756. The SMILES string of the molecule is C[C@H]1C[C@H]2[C@@H]3CCC4=CC(=O)C=C[C@]4(C)[C@@]3(F)[C@@H](O)C[C@]2(C)[C@@]1(O)C(=O)N1CCN(CCO)CC1. The number of carbonyl (C=O) groups excluding carboxylic acids is 2. The van der Waals surface area contributed by atoms with Crippen LogP contribution in [-0.4, -0.2) is 93.5 Å². The Balaban J connectivity index is 1.47. The number of aliphatic hydroxyl groups is 3. The smallest absolute Gasteiger partial charge is 0.255 e. The van der Waals surface area contributed by atoms with Gasteiger partial charge in [-0.2, -0.15) is 0 Å². The number of hydrogen-bond donors (Lipinski definition) is 3. The highest BCUT2D eigenvalue weighted by molar-refractivity contribution is 6.01. The summed E-state index contributed by atoms with van der Waals surface area (Å²) in [5, 5.41) is 32.9. The van der Waals surface area contributed by atoms with Gasteiger partial charge in [0.05, 0.1) is 12.7 Å². The van der Waals surface area contributed by atoms with Crippen molar-refractivity contribution in [2.45, 2.75) is 63.8 Å². The maximum atomic E-state index is 17.3. The molecule has 1 aliphatic heterocycles. The molecule has 0 aromatic carbocycles. The van der Waals surface area contributed by atoms with Crippen molar-refractivity contribution in [1.29, 1.82) is 0 Å². The number of rotatable bonds is 3. The van der Waals surface area contributed by atoms with Gasteiger partial charge in [-0.25, -0.2) is 4.39 Å². The van der Waals surface area contributed by atoms with E-state index in [4.69, 9.17) is 0 Å². The van der Waals surface area contributed by atoms with Crippen LogP contribution < -0.4 is 0 Å². The standard InChI is InChI=1S/C27H39FN2O5/c1-17-14-21-20-5-4-18-15-19(32)6-7-24(18,2)26(20,28)22(33)16-25(21,3)27(17,35)23(34)30-10-8-29(9-11-30)12-13-31/h6-7,15,17,20-22,31,33,35H,4-5,8-14,16H2,1-3H3/t17-,20-,21-,22-,24-,25-,26-,27-/m0/s1. The van der Waals surface area contributed by atoms with Crippen LogP contribution >= 0.6 is 0 Å². The average molecular weight is 491 g/mol. The first-order valence-corrected chi connectivity index (χ1v) is 13.1. The van der Waals surface area contributed by atoms with Crippen LogP contribution in [0, 0.1) is 28.6 Å². The molecule has 0 unspecified atom stereocenters. The Hall–Kier alpha value is -1.61. The summed E-state index contributed by atoms with van der Waals surface area (Å²) >= 11 is 0. The molecule has 194 valence electrons. The Labute approximate surface area is 206 Å². The summed E-state index contributed by atoms with van der Waals surface area (Å²) in [6, 6.07) is 0. The topological polar surface area (TPSA) is 101 Å². The number of piperazine rings is 1. The molecular formula is C27H39FN2O5. The maximum absolute atomic E-state index is 17.3. The number of nitrogens with zero attached hydrogens (tertiary/aromatic N) is 2. The molecule has 5 rings (SSSR count). The van der Waals surface area contributed by atoms with Crippen LogP contribution in [0.5, 0.6) is 0 Å². The second-order valence-electron chi connectivity index (χ2n) is 12.0. The number of carbonyl (C=O) groups is 2. The zero-order valence-electron chi connectivity index (χ0n) is 21.0. The molecule has 1 saturated heterocycles. The molecule has 0 radical (unpaired) electrons. The van der Waals surface area contributed by atoms with E-state index in [1.54, 1.807) is 17.9 Å². The van der Waals surface area contributed by atoms with Crippen molar-refractivity contribution in [2.24, 2.45) is 28.6 Å². The molecule has 0 spiro atoms. The van der Waals surface area contributed by atoms with E-state index in [9.17, 15) is 24.9 Å². The zero-order chi connectivity index (χ0) is 25.4. The van der Waals surface area contributed by atoms with Gasteiger partial charge in [0.15, 0.2) is 17.1 Å². The molecule has 5 aliphatic rings. The number of hydrogen-bond acceptors (Lipinski definition) is 6. The Morgan fingerprint density at radius 1 is 1.20 bits per heavy atom. The predicted molar refractivity (Wildman–Crippen MR) is 128 cm³/mol. The molecule has 4 fully saturated rings. The first-order chi connectivity index (χ1) is 16.4. The highest BCUT2D eigenvalue weighted by Gasteiger charge is 2.76. The minimum atomic E-state index is -1.97. The van der Waals surface area contributed by atoms with Crippen molar-refractivity contribution in [3.8, 4) is 0 Å². The molecule has 35 heavy (non-hydrogen) atoms. The van der Waals surface area contributed by atoms with E-state index in [1.807, 2.05) is 13.8 Å². The van der Waals surface area contributed by atoms with Gasteiger partial charge < -0.3 is 20.2 Å². The Bertz CT molecular complexity index is 977. The molecule has 0 aromatic rings. The van der Waals surface area contributed by atoms with Gasteiger partial charge in [-0.3, -0.25) is 14.5 Å². The van der Waals surface area contributed by atoms with Gasteiger partial charge in [-0.05, 0) is 56.6 Å². The third-order valence-corrected chi connectivity index (χ3v) is 10.6. The highest BCUT2D eigenvalue weighted by atomic mass is 19.1. The number of amides is 1. The van der Waals surface area contributed by atoms with Crippen LogP contribution in [0.25, 0.3) is 0 Å². The number of β-amino-alcohol motifs (C(OH)–C–C–N with tert-alkyl or cyclic N) is 1. The lowest BCUT2D eigenvalue weighted by molar-refractivity contribution is -0.223. The largest absolute Gasteiger partial charge is 0.395 e. The second kappa shape index (κ2) is 8.20. The highest BCUT2D eigenvalue weighted by Crippen LogP contribution is 2.70. The number of fused-ring (bicyclic) bond motifs is 5. The Morgan fingerprint density at radius 2 is 1.89 bits per heavy atom. The predicted octanol–water partition coefficient (Wildman–Crippen LogP) is 1.47. The van der Waals surface area contributed by atoms with Crippen molar-refractivity contribution in [3.63, 3.8) is 0 Å². The molecule has 1 heterocycles. The van der Waals surface area contributed by atoms with Crippen LogP contribution in [0.1, 0.15) is 46.5 Å². The fraction of sp³-hybridized carbons (Fsp3) is 0.778. The summed E-state index contributed by atoms with van der Waals surface area (Å²) in [5.41, 5.74) is -4.97. The van der Waals surface area contributed by atoms with Gasteiger partial charge in [0.1, 0.15) is 0 Å². The number of ketones is 1. The molecule has 3 N–H and O–H groups in total. The third kappa shape index (κ3) is 3.15. The van der Waals surface area contributed by atoms with Crippen molar-refractivity contribution in [2.75, 3.05) is 39.3 Å². The monoisotopic (exact) mass is 490 g/mol. The first-order valence-electron chi connectivity index (χ1n) is 13.1. The summed E-state index contributed by atoms with van der Waals surface area (Å²) in [4.78, 5) is 29.7. The number of alkyl halides is 1. The van der Waals surface area contributed by atoms with E-state index in [1.165, 1.54) is 12.2 Å². The normalized spacial score (nSPS) is 47.7. The summed E-state index contributed by atoms with van der Waals surface area (Å²) in [7, 11) is 0. The van der Waals surface area contributed by atoms with E-state index < -0.39 is 34.1 Å². The lowest BCUT2D eigenvalue weighted by Gasteiger charge is -2.62. The van der Waals surface area contributed by atoms with Crippen molar-refractivity contribution >= 4 is 11.7 Å². The molecule has 8 atom stereocenters. The molecular weight excluding hydrogens is 451 g/mol. The molecule has 0 aromatic heterocycles. The van der Waals surface area contributed by atoms with Crippen LogP contribution in [0.2, 0.25) is 0 Å². The van der Waals surface area contributed by atoms with Crippen molar-refractivity contribution in [3.05, 3.63) is 23.8 Å². The first kappa shape index (κ1) is 25.1. The van der Waals surface area contributed by atoms with Gasteiger partial charge >= 0.3 is 0 Å². The van der Waals surface area contributed by atoms with E-state index in [0.29, 0.717) is 52.0 Å². The van der Waals surface area contributed by atoms with E-state index in [2.05, 4.69) is 4.90 Å². The lowest BCUT2D eigenvalue weighted by Crippen LogP contribution is -2.70. The van der Waals surface area contributed by atoms with Gasteiger partial charge in [0, 0.05) is 49.5 Å². The number of halogens is 1. The fourth-order valence-electron chi connectivity index (χ4n) is 8.56. The molecule has 7 nitrogen and oxygen atoms in total. The molecule has 0 bridgehead atoms. The summed E-state index contributed by atoms with van der Waals surface area (Å²) < 4.78 is 17.3. The van der Waals surface area contributed by atoms with Gasteiger partial charge in [0.25, 0.3) is 5.91 Å². The third-order valence-electron chi connectivity index (χ3n) is 10.6. The maximum Gasteiger partial charge on any atom is 0.255 e. The van der Waals surface area contributed by atoms with Crippen molar-refractivity contribution < 1.29 is 29.3 Å². The van der Waals surface area contributed by atoms with E-state index in [0.717, 1.165) is 5.57 Å². The fourth-order valence-corrected chi connectivity index (χ4v) is 8.56. The van der Waals surface area contributed by atoms with Crippen molar-refractivity contribution in [1.82, 2.24) is 9.80 Å². The summed E-state index contributed by atoms with van der Waals surface area (Å²) in [5.74, 6) is -1.63. The van der Waals surface area contributed by atoms with Crippen LogP contribution in [0.15, 0.2) is 23.8 Å². The van der Waals surface area contributed by atoms with E-state index in [-0.39, 0.29) is 36.6 Å². The molecule has 8 heteroatoms. The molecule has 3 saturated carbocycles. The van der Waals surface area contributed by atoms with Gasteiger partial charge in [0.2, 0.25) is 0 Å². The molecule has 4 aliphatic carbocycles. The zero-order valence-corrected chi connectivity index (χ0v) is 21.0. The van der Waals surface area contributed by atoms with Crippen LogP contribution in [0.3, 0.4) is 0 Å². The van der Waals surface area contributed by atoms with E-state index >= 15 is 4.39 Å². The summed E-state index contributed by atoms with van der Waals surface area (Å²) in [6.07, 6.45) is 4.74. The molecule has 1 amide bonds. The van der Waals surface area contributed by atoms with Crippen LogP contribution in [-0.2, 0) is 9.59 Å².